The summed E-state index contributed by atoms with van der Waals surface area (Å²) < 4.78 is 13.2. The van der Waals surface area contributed by atoms with Gasteiger partial charge in [0.15, 0.2) is 0 Å². The fourth-order valence-corrected chi connectivity index (χ4v) is 2.41. The van der Waals surface area contributed by atoms with E-state index in [0.717, 1.165) is 11.1 Å². The fraction of sp³-hybridized carbons (Fsp3) is 0.200. The van der Waals surface area contributed by atoms with E-state index in [1.165, 1.54) is 12.1 Å². The molecule has 2 nitrogen and oxygen atoms in total. The number of nitrogens with two attached hydrogens (primary N) is 1. The smallest absolute Gasteiger partial charge is 0.123 e. The van der Waals surface area contributed by atoms with E-state index in [4.69, 9.17) is 29.0 Å². The largest absolute Gasteiger partial charge is 0.271 e. The minimum atomic E-state index is -0.243. The Bertz CT molecular complexity index is 590. The lowest BCUT2D eigenvalue weighted by Gasteiger charge is -2.16. The minimum absolute atomic E-state index is 0.00552. The van der Waals surface area contributed by atoms with Gasteiger partial charge in [-0.2, -0.15) is 0 Å². The maximum atomic E-state index is 13.2. The predicted octanol–water partition coefficient (Wildman–Crippen LogP) is 3.75. The van der Waals surface area contributed by atoms with Crippen molar-refractivity contribution in [2.75, 3.05) is 0 Å². The molecule has 0 spiro atoms. The Hall–Kier alpha value is -1.13. The first-order valence-electron chi connectivity index (χ1n) is 6.23. The Morgan fingerprint density at radius 3 is 2.30 bits per heavy atom. The fourth-order valence-electron chi connectivity index (χ4n) is 2.09. The maximum absolute atomic E-state index is 13.2. The normalized spacial score (nSPS) is 12.4. The van der Waals surface area contributed by atoms with Gasteiger partial charge in [-0.3, -0.25) is 11.3 Å². The van der Waals surface area contributed by atoms with Crippen molar-refractivity contribution in [1.29, 1.82) is 0 Å². The van der Waals surface area contributed by atoms with E-state index in [1.54, 1.807) is 12.1 Å². The van der Waals surface area contributed by atoms with Crippen molar-refractivity contribution in [3.63, 3.8) is 0 Å². The van der Waals surface area contributed by atoms with Crippen LogP contribution in [0.5, 0.6) is 0 Å². The Balaban J connectivity index is 2.07. The van der Waals surface area contributed by atoms with Crippen LogP contribution >= 0.6 is 23.2 Å². The van der Waals surface area contributed by atoms with Gasteiger partial charge < -0.3 is 0 Å². The summed E-state index contributed by atoms with van der Waals surface area (Å²) in [6.45, 7) is 0. The van der Waals surface area contributed by atoms with Gasteiger partial charge in [0.2, 0.25) is 0 Å². The van der Waals surface area contributed by atoms with Gasteiger partial charge in [-0.1, -0.05) is 41.4 Å². The zero-order valence-corrected chi connectivity index (χ0v) is 12.3. The standard InChI is InChI=1S/C15H15Cl2FN2/c16-14-5-4-11(9-15(14)17)8-13(20-19)7-10-2-1-3-12(18)6-10/h1-6,9,13,20H,7-8,19H2. The molecule has 106 valence electrons. The van der Waals surface area contributed by atoms with Crippen molar-refractivity contribution in [2.45, 2.75) is 18.9 Å². The zero-order chi connectivity index (χ0) is 14.5. The monoisotopic (exact) mass is 312 g/mol. The zero-order valence-electron chi connectivity index (χ0n) is 10.7. The van der Waals surface area contributed by atoms with Crippen molar-refractivity contribution >= 4 is 23.2 Å². The molecule has 0 saturated heterocycles. The molecule has 5 heteroatoms. The van der Waals surface area contributed by atoms with Crippen LogP contribution in [0.3, 0.4) is 0 Å². The summed E-state index contributed by atoms with van der Waals surface area (Å²) in [5.41, 5.74) is 4.68. The molecular formula is C15H15Cl2FN2. The Morgan fingerprint density at radius 1 is 1.00 bits per heavy atom. The highest BCUT2D eigenvalue weighted by Gasteiger charge is 2.10. The Labute approximate surface area is 127 Å². The van der Waals surface area contributed by atoms with Crippen LogP contribution in [0.4, 0.5) is 4.39 Å². The van der Waals surface area contributed by atoms with E-state index in [2.05, 4.69) is 5.43 Å². The number of hydrogen-bond acceptors (Lipinski definition) is 2. The number of rotatable bonds is 5. The van der Waals surface area contributed by atoms with Crippen molar-refractivity contribution in [3.05, 3.63) is 69.5 Å². The Kier molecular flexibility index (Phi) is 5.38. The highest BCUT2D eigenvalue weighted by atomic mass is 35.5. The second kappa shape index (κ2) is 7.04. The first-order valence-corrected chi connectivity index (χ1v) is 6.98. The Morgan fingerprint density at radius 2 is 1.70 bits per heavy atom. The van der Waals surface area contributed by atoms with Gasteiger partial charge in [0, 0.05) is 6.04 Å². The maximum Gasteiger partial charge on any atom is 0.123 e. The molecule has 0 heterocycles. The average molecular weight is 313 g/mol. The van der Waals surface area contributed by atoms with Gasteiger partial charge >= 0.3 is 0 Å². The molecule has 0 bridgehead atoms. The molecule has 2 aromatic rings. The molecule has 0 aliphatic carbocycles. The lowest BCUT2D eigenvalue weighted by molar-refractivity contribution is 0.520. The molecule has 20 heavy (non-hydrogen) atoms. The highest BCUT2D eigenvalue weighted by molar-refractivity contribution is 6.42. The number of hydrazine groups is 1. The molecule has 3 N–H and O–H groups in total. The first kappa shape index (κ1) is 15.3. The van der Waals surface area contributed by atoms with E-state index in [9.17, 15) is 4.39 Å². The molecular weight excluding hydrogens is 298 g/mol. The predicted molar refractivity (Wildman–Crippen MR) is 81.4 cm³/mol. The molecule has 0 aliphatic heterocycles. The molecule has 0 saturated carbocycles. The molecule has 2 rings (SSSR count). The molecule has 0 fully saturated rings. The molecule has 0 aromatic heterocycles. The number of halogens is 3. The summed E-state index contributed by atoms with van der Waals surface area (Å²) in [6, 6.07) is 12.0. The van der Waals surface area contributed by atoms with Crippen LogP contribution in [-0.2, 0) is 12.8 Å². The quantitative estimate of drug-likeness (QED) is 0.652. The second-order valence-corrected chi connectivity index (χ2v) is 5.46. The van der Waals surface area contributed by atoms with Crippen LogP contribution in [0, 0.1) is 5.82 Å². The van der Waals surface area contributed by atoms with E-state index in [0.29, 0.717) is 22.9 Å². The summed E-state index contributed by atoms with van der Waals surface area (Å²) in [7, 11) is 0. The SMILES string of the molecule is NNC(Cc1cccc(F)c1)Cc1ccc(Cl)c(Cl)c1. The van der Waals surface area contributed by atoms with E-state index in [1.807, 2.05) is 18.2 Å². The summed E-state index contributed by atoms with van der Waals surface area (Å²) in [5, 5.41) is 1.04. The molecule has 0 aliphatic rings. The number of benzene rings is 2. The molecule has 2 aromatic carbocycles. The van der Waals surface area contributed by atoms with Gasteiger partial charge in [0.1, 0.15) is 5.82 Å². The minimum Gasteiger partial charge on any atom is -0.271 e. The first-order chi connectivity index (χ1) is 9.58. The highest BCUT2D eigenvalue weighted by Crippen LogP contribution is 2.23. The summed E-state index contributed by atoms with van der Waals surface area (Å²) in [4.78, 5) is 0. The number of hydrogen-bond donors (Lipinski definition) is 2. The van der Waals surface area contributed by atoms with Crippen LogP contribution in [0.2, 0.25) is 10.0 Å². The van der Waals surface area contributed by atoms with E-state index in [-0.39, 0.29) is 11.9 Å². The van der Waals surface area contributed by atoms with Crippen molar-refractivity contribution in [3.8, 4) is 0 Å². The van der Waals surface area contributed by atoms with Gasteiger partial charge in [-0.25, -0.2) is 4.39 Å². The van der Waals surface area contributed by atoms with Gasteiger partial charge in [0.25, 0.3) is 0 Å². The van der Waals surface area contributed by atoms with Crippen molar-refractivity contribution in [2.24, 2.45) is 5.84 Å². The molecule has 1 unspecified atom stereocenters. The van der Waals surface area contributed by atoms with Crippen LogP contribution < -0.4 is 11.3 Å². The third-order valence-corrected chi connectivity index (χ3v) is 3.81. The number of nitrogens with one attached hydrogen (secondary N) is 1. The van der Waals surface area contributed by atoms with Crippen LogP contribution in [0.15, 0.2) is 42.5 Å². The van der Waals surface area contributed by atoms with Gasteiger partial charge in [-0.05, 0) is 48.2 Å². The summed E-state index contributed by atoms with van der Waals surface area (Å²) in [5.74, 6) is 5.33. The van der Waals surface area contributed by atoms with Crippen LogP contribution in [-0.4, -0.2) is 6.04 Å². The third-order valence-electron chi connectivity index (χ3n) is 3.07. The van der Waals surface area contributed by atoms with Crippen LogP contribution in [0.25, 0.3) is 0 Å². The van der Waals surface area contributed by atoms with Gasteiger partial charge in [-0.15, -0.1) is 0 Å². The average Bonchev–Trinajstić information content (AvgIpc) is 2.42. The summed E-state index contributed by atoms with van der Waals surface area (Å²) >= 11 is 11.9. The van der Waals surface area contributed by atoms with E-state index >= 15 is 0 Å². The van der Waals surface area contributed by atoms with Crippen LogP contribution in [0.1, 0.15) is 11.1 Å². The third kappa shape index (κ3) is 4.18. The van der Waals surface area contributed by atoms with Gasteiger partial charge in [0.05, 0.1) is 10.0 Å². The molecule has 1 atom stereocenters. The lowest BCUT2D eigenvalue weighted by atomic mass is 9.99. The van der Waals surface area contributed by atoms with Crippen molar-refractivity contribution < 1.29 is 4.39 Å². The second-order valence-electron chi connectivity index (χ2n) is 4.65. The summed E-state index contributed by atoms with van der Waals surface area (Å²) in [6.07, 6.45) is 1.32. The lowest BCUT2D eigenvalue weighted by Crippen LogP contribution is -2.38. The molecule has 0 radical (unpaired) electrons. The van der Waals surface area contributed by atoms with Crippen molar-refractivity contribution in [1.82, 2.24) is 5.43 Å². The topological polar surface area (TPSA) is 38.0 Å². The van der Waals surface area contributed by atoms with E-state index < -0.39 is 0 Å². The molecule has 0 amide bonds.